The van der Waals surface area contributed by atoms with Crippen LogP contribution in [0, 0.1) is 11.9 Å². The Morgan fingerprint density at radius 3 is 2.12 bits per heavy atom. The third-order valence-corrected chi connectivity index (χ3v) is 4.11. The molecule has 1 aliphatic rings. The first kappa shape index (κ1) is 17.9. The average molecular weight is 362 g/mol. The summed E-state index contributed by atoms with van der Waals surface area (Å²) >= 11 is 0. The molecule has 0 aromatic carbocycles. The molecule has 2 aromatic rings. The number of amides is 2. The van der Waals surface area contributed by atoms with Crippen molar-refractivity contribution in [1.29, 1.82) is 0 Å². The van der Waals surface area contributed by atoms with E-state index < -0.39 is 29.8 Å². The summed E-state index contributed by atoms with van der Waals surface area (Å²) in [6.07, 6.45) is 0. The zero-order valence-corrected chi connectivity index (χ0v) is 13.7. The molecule has 1 aliphatic heterocycles. The summed E-state index contributed by atoms with van der Waals surface area (Å²) in [5, 5.41) is 9.62. The molecular weight excluding hydrogens is 346 g/mol. The minimum absolute atomic E-state index is 0.0479. The summed E-state index contributed by atoms with van der Waals surface area (Å²) in [6.45, 7) is -0.0338. The Labute approximate surface area is 147 Å². The fraction of sp³-hybridized carbons (Fsp3) is 0.294. The van der Waals surface area contributed by atoms with E-state index in [4.69, 9.17) is 0 Å². The highest BCUT2D eigenvalue weighted by Gasteiger charge is 2.33. The number of hydrogen-bond donors (Lipinski definition) is 1. The standard InChI is InChI=1S/C17H16F2N4O3/c18-14-5-1-3-12(20-14)16(25)22-7-8-23(11(9-22)10-24)17(26)13-4-2-6-15(19)21-13/h1-6,11,24H,7-10H2. The summed E-state index contributed by atoms with van der Waals surface area (Å²) < 4.78 is 26.5. The Bertz CT molecular complexity index is 833. The van der Waals surface area contributed by atoms with Gasteiger partial charge >= 0.3 is 0 Å². The van der Waals surface area contributed by atoms with E-state index in [2.05, 4.69) is 9.97 Å². The van der Waals surface area contributed by atoms with Gasteiger partial charge in [-0.15, -0.1) is 0 Å². The zero-order chi connectivity index (χ0) is 18.7. The van der Waals surface area contributed by atoms with Crippen LogP contribution in [0.1, 0.15) is 21.0 Å². The second kappa shape index (κ2) is 7.52. The molecule has 3 heterocycles. The van der Waals surface area contributed by atoms with Crippen molar-refractivity contribution in [3.05, 3.63) is 59.7 Å². The lowest BCUT2D eigenvalue weighted by atomic mass is 10.1. The van der Waals surface area contributed by atoms with Gasteiger partial charge in [0.2, 0.25) is 11.9 Å². The van der Waals surface area contributed by atoms with Crippen molar-refractivity contribution in [2.24, 2.45) is 0 Å². The maximum Gasteiger partial charge on any atom is 0.273 e. The monoisotopic (exact) mass is 362 g/mol. The van der Waals surface area contributed by atoms with Gasteiger partial charge in [0.1, 0.15) is 11.4 Å². The van der Waals surface area contributed by atoms with Crippen LogP contribution >= 0.6 is 0 Å². The van der Waals surface area contributed by atoms with Gasteiger partial charge in [0.25, 0.3) is 11.8 Å². The number of aliphatic hydroxyl groups excluding tert-OH is 1. The molecule has 7 nitrogen and oxygen atoms in total. The van der Waals surface area contributed by atoms with Gasteiger partial charge in [-0.05, 0) is 24.3 Å². The third-order valence-electron chi connectivity index (χ3n) is 4.11. The molecule has 9 heteroatoms. The van der Waals surface area contributed by atoms with Crippen molar-refractivity contribution >= 4 is 11.8 Å². The van der Waals surface area contributed by atoms with Crippen LogP contribution in [0.15, 0.2) is 36.4 Å². The van der Waals surface area contributed by atoms with Crippen LogP contribution in [0.3, 0.4) is 0 Å². The second-order valence-electron chi connectivity index (χ2n) is 5.78. The Morgan fingerprint density at radius 2 is 1.58 bits per heavy atom. The van der Waals surface area contributed by atoms with E-state index in [-0.39, 0.29) is 37.6 Å². The lowest BCUT2D eigenvalue weighted by Gasteiger charge is -2.40. The summed E-state index contributed by atoms with van der Waals surface area (Å²) in [4.78, 5) is 34.8. The topological polar surface area (TPSA) is 86.6 Å². The molecule has 1 atom stereocenters. The van der Waals surface area contributed by atoms with Gasteiger partial charge in [-0.1, -0.05) is 12.1 Å². The van der Waals surface area contributed by atoms with Gasteiger partial charge < -0.3 is 14.9 Å². The van der Waals surface area contributed by atoms with E-state index in [0.29, 0.717) is 0 Å². The molecule has 1 N–H and O–H groups in total. The smallest absolute Gasteiger partial charge is 0.273 e. The van der Waals surface area contributed by atoms with Crippen molar-refractivity contribution in [2.75, 3.05) is 26.2 Å². The average Bonchev–Trinajstić information content (AvgIpc) is 2.66. The molecule has 1 fully saturated rings. The first-order valence-corrected chi connectivity index (χ1v) is 7.96. The first-order valence-electron chi connectivity index (χ1n) is 7.96. The van der Waals surface area contributed by atoms with Crippen LogP contribution in [0.4, 0.5) is 8.78 Å². The maximum atomic E-state index is 13.2. The van der Waals surface area contributed by atoms with Crippen molar-refractivity contribution in [3.8, 4) is 0 Å². The predicted molar refractivity (Wildman–Crippen MR) is 86.2 cm³/mol. The summed E-state index contributed by atoms with van der Waals surface area (Å²) in [5.41, 5.74) is -0.122. The summed E-state index contributed by atoms with van der Waals surface area (Å²) in [6, 6.07) is 7.12. The molecule has 0 aliphatic carbocycles. The SMILES string of the molecule is O=C(c1cccc(F)n1)N1CCN(C(=O)c2cccc(F)n2)C(CO)C1. The molecule has 1 unspecified atom stereocenters. The van der Waals surface area contributed by atoms with Gasteiger partial charge in [-0.2, -0.15) is 8.78 Å². The highest BCUT2D eigenvalue weighted by atomic mass is 19.1. The Kier molecular flexibility index (Phi) is 5.17. The lowest BCUT2D eigenvalue weighted by Crippen LogP contribution is -2.58. The molecule has 0 bridgehead atoms. The van der Waals surface area contributed by atoms with Crippen molar-refractivity contribution in [2.45, 2.75) is 6.04 Å². The van der Waals surface area contributed by atoms with Gasteiger partial charge in [-0.3, -0.25) is 9.59 Å². The molecule has 136 valence electrons. The second-order valence-corrected chi connectivity index (χ2v) is 5.78. The van der Waals surface area contributed by atoms with E-state index in [1.54, 1.807) is 0 Å². The Balaban J connectivity index is 1.74. The van der Waals surface area contributed by atoms with E-state index in [9.17, 15) is 23.5 Å². The van der Waals surface area contributed by atoms with Crippen molar-refractivity contribution < 1.29 is 23.5 Å². The van der Waals surface area contributed by atoms with Crippen LogP contribution in [0.25, 0.3) is 0 Å². The molecule has 2 aromatic heterocycles. The molecule has 1 saturated heterocycles. The number of carbonyl (C=O) groups excluding carboxylic acids is 2. The van der Waals surface area contributed by atoms with E-state index >= 15 is 0 Å². The van der Waals surface area contributed by atoms with Crippen LogP contribution < -0.4 is 0 Å². The number of hydrogen-bond acceptors (Lipinski definition) is 5. The Morgan fingerprint density at radius 1 is 1.00 bits per heavy atom. The minimum Gasteiger partial charge on any atom is -0.394 e. The van der Waals surface area contributed by atoms with Gasteiger partial charge in [0.15, 0.2) is 0 Å². The van der Waals surface area contributed by atoms with Gasteiger partial charge in [-0.25, -0.2) is 9.97 Å². The fourth-order valence-electron chi connectivity index (χ4n) is 2.83. The highest BCUT2D eigenvalue weighted by molar-refractivity contribution is 5.94. The molecule has 0 saturated carbocycles. The van der Waals surface area contributed by atoms with Crippen LogP contribution in [0.2, 0.25) is 0 Å². The Hall–Kier alpha value is -2.94. The zero-order valence-electron chi connectivity index (χ0n) is 13.7. The number of rotatable bonds is 3. The van der Waals surface area contributed by atoms with Crippen LogP contribution in [0.5, 0.6) is 0 Å². The maximum absolute atomic E-state index is 13.2. The van der Waals surface area contributed by atoms with Crippen molar-refractivity contribution in [1.82, 2.24) is 19.8 Å². The normalized spacial score (nSPS) is 17.3. The number of aliphatic hydroxyl groups is 1. The third kappa shape index (κ3) is 3.67. The van der Waals surface area contributed by atoms with Gasteiger partial charge in [0.05, 0.1) is 12.6 Å². The minimum atomic E-state index is -0.776. The number of aromatic nitrogens is 2. The molecule has 26 heavy (non-hydrogen) atoms. The van der Waals surface area contributed by atoms with E-state index in [0.717, 1.165) is 12.1 Å². The fourth-order valence-corrected chi connectivity index (χ4v) is 2.83. The number of piperazine rings is 1. The summed E-state index contributed by atoms with van der Waals surface area (Å²) in [7, 11) is 0. The van der Waals surface area contributed by atoms with E-state index in [1.807, 2.05) is 0 Å². The molecule has 2 amide bonds. The number of pyridine rings is 2. The largest absolute Gasteiger partial charge is 0.394 e. The van der Waals surface area contributed by atoms with Crippen LogP contribution in [-0.2, 0) is 0 Å². The molecule has 3 rings (SSSR count). The van der Waals surface area contributed by atoms with E-state index in [1.165, 1.54) is 34.1 Å². The number of nitrogens with zero attached hydrogens (tertiary/aromatic N) is 4. The molecular formula is C17H16F2N4O3. The first-order chi connectivity index (χ1) is 12.5. The van der Waals surface area contributed by atoms with Crippen LogP contribution in [-0.4, -0.2) is 69.0 Å². The predicted octanol–water partition coefficient (Wildman–Crippen LogP) is 0.714. The lowest BCUT2D eigenvalue weighted by molar-refractivity contribution is 0.0261. The summed E-state index contributed by atoms with van der Waals surface area (Å²) in [5.74, 6) is -2.55. The van der Waals surface area contributed by atoms with Gasteiger partial charge in [0, 0.05) is 19.6 Å². The quantitative estimate of drug-likeness (QED) is 0.813. The molecule has 0 radical (unpaired) electrons. The van der Waals surface area contributed by atoms with Crippen molar-refractivity contribution in [3.63, 3.8) is 0 Å². The number of halogens is 2. The number of carbonyl (C=O) groups is 2. The highest BCUT2D eigenvalue weighted by Crippen LogP contribution is 2.15. The molecule has 0 spiro atoms.